The average molecular weight is 266 g/mol. The number of nitrogen functional groups attached to an aromatic ring is 1. The number of carboxylic acids is 1. The molecule has 1 aromatic rings. The molecule has 104 valence electrons. The highest BCUT2D eigenvalue weighted by atomic mass is 16.4. The molecule has 1 rings (SSSR count). The van der Waals surface area contributed by atoms with Gasteiger partial charge in [-0.25, -0.2) is 4.79 Å². The fourth-order valence-electron chi connectivity index (χ4n) is 1.60. The molecule has 19 heavy (non-hydrogen) atoms. The van der Waals surface area contributed by atoms with E-state index >= 15 is 0 Å². The number of carboxylic acid groups (broad SMARTS) is 1. The van der Waals surface area contributed by atoms with Gasteiger partial charge in [-0.15, -0.1) is 0 Å². The molecule has 1 aromatic carbocycles. The third-order valence-corrected chi connectivity index (χ3v) is 2.67. The zero-order valence-corrected chi connectivity index (χ0v) is 10.5. The molecule has 0 unspecified atom stereocenters. The summed E-state index contributed by atoms with van der Waals surface area (Å²) < 4.78 is 0. The second-order valence-electron chi connectivity index (χ2n) is 4.21. The monoisotopic (exact) mass is 266 g/mol. The van der Waals surface area contributed by atoms with Crippen LogP contribution in [0.15, 0.2) is 24.3 Å². The minimum absolute atomic E-state index is 0.00292. The van der Waals surface area contributed by atoms with Gasteiger partial charge in [-0.05, 0) is 24.1 Å². The summed E-state index contributed by atoms with van der Waals surface area (Å²) in [6.07, 6.45) is 0.708. The smallest absolute Gasteiger partial charge is 0.326 e. The number of amides is 1. The van der Waals surface area contributed by atoms with E-state index in [9.17, 15) is 9.59 Å². The van der Waals surface area contributed by atoms with E-state index in [-0.39, 0.29) is 25.4 Å². The number of aryl methyl sites for hydroxylation is 1. The Labute approximate surface area is 111 Å². The third kappa shape index (κ3) is 5.39. The van der Waals surface area contributed by atoms with E-state index in [0.717, 1.165) is 5.56 Å². The first kappa shape index (κ1) is 15.0. The van der Waals surface area contributed by atoms with Crippen molar-refractivity contribution in [3.05, 3.63) is 29.8 Å². The van der Waals surface area contributed by atoms with Gasteiger partial charge >= 0.3 is 5.97 Å². The Kier molecular flexibility index (Phi) is 5.81. The van der Waals surface area contributed by atoms with Crippen molar-refractivity contribution in [2.75, 3.05) is 12.3 Å². The molecule has 0 aromatic heterocycles. The van der Waals surface area contributed by atoms with Gasteiger partial charge in [-0.3, -0.25) is 4.79 Å². The fourth-order valence-corrected chi connectivity index (χ4v) is 1.60. The van der Waals surface area contributed by atoms with E-state index in [1.807, 2.05) is 12.1 Å². The highest BCUT2D eigenvalue weighted by Gasteiger charge is 2.18. The zero-order chi connectivity index (χ0) is 14.3. The van der Waals surface area contributed by atoms with Gasteiger partial charge in [0.1, 0.15) is 6.04 Å². The summed E-state index contributed by atoms with van der Waals surface area (Å²) in [7, 11) is 0. The lowest BCUT2D eigenvalue weighted by molar-refractivity contribution is -0.142. The number of hydrogen-bond donors (Lipinski definition) is 4. The van der Waals surface area contributed by atoms with Gasteiger partial charge in [0.15, 0.2) is 0 Å². The lowest BCUT2D eigenvalue weighted by Crippen LogP contribution is -2.41. The minimum Gasteiger partial charge on any atom is -0.480 e. The number of carbonyl (C=O) groups excluding carboxylic acids is 1. The molecule has 0 radical (unpaired) electrons. The normalized spacial score (nSPS) is 11.8. The highest BCUT2D eigenvalue weighted by molar-refractivity contribution is 5.83. The van der Waals surface area contributed by atoms with Crippen molar-refractivity contribution in [1.82, 2.24) is 5.32 Å². The van der Waals surface area contributed by atoms with Gasteiger partial charge in [0, 0.05) is 25.1 Å². The SMILES string of the molecule is Nc1ccc(CCC(=O)N[C@@H](CCO)C(=O)O)cc1. The summed E-state index contributed by atoms with van der Waals surface area (Å²) in [5.74, 6) is -1.49. The second kappa shape index (κ2) is 7.38. The van der Waals surface area contributed by atoms with E-state index in [0.29, 0.717) is 12.1 Å². The van der Waals surface area contributed by atoms with Crippen molar-refractivity contribution in [2.24, 2.45) is 0 Å². The first-order valence-electron chi connectivity index (χ1n) is 6.00. The van der Waals surface area contributed by atoms with Crippen LogP contribution < -0.4 is 11.1 Å². The van der Waals surface area contributed by atoms with Crippen LogP contribution >= 0.6 is 0 Å². The standard InChI is InChI=1S/C13H18N2O4/c14-10-4-1-9(2-5-10)3-6-12(17)15-11(7-8-16)13(18)19/h1-2,4-5,11,16H,3,6-8,14H2,(H,15,17)(H,18,19)/t11-/m0/s1. The van der Waals surface area contributed by atoms with Gasteiger partial charge in [0.2, 0.25) is 5.91 Å². The molecule has 0 heterocycles. The average Bonchev–Trinajstić information content (AvgIpc) is 2.37. The van der Waals surface area contributed by atoms with Gasteiger partial charge in [-0.1, -0.05) is 12.1 Å². The van der Waals surface area contributed by atoms with E-state index < -0.39 is 12.0 Å². The molecule has 0 aliphatic carbocycles. The lowest BCUT2D eigenvalue weighted by Gasteiger charge is -2.13. The number of aliphatic hydroxyl groups is 1. The number of rotatable bonds is 7. The molecule has 0 bridgehead atoms. The Bertz CT molecular complexity index is 431. The Morgan fingerprint density at radius 3 is 2.42 bits per heavy atom. The van der Waals surface area contributed by atoms with Crippen LogP contribution in [0.5, 0.6) is 0 Å². The number of carbonyl (C=O) groups is 2. The Morgan fingerprint density at radius 1 is 1.26 bits per heavy atom. The quantitative estimate of drug-likeness (QED) is 0.525. The number of nitrogens with one attached hydrogen (secondary N) is 1. The topological polar surface area (TPSA) is 113 Å². The van der Waals surface area contributed by atoms with Gasteiger partial charge in [0.25, 0.3) is 0 Å². The number of aliphatic hydroxyl groups excluding tert-OH is 1. The molecule has 6 nitrogen and oxygen atoms in total. The molecular formula is C13H18N2O4. The minimum atomic E-state index is -1.14. The number of aliphatic carboxylic acids is 1. The molecule has 0 spiro atoms. The summed E-state index contributed by atoms with van der Waals surface area (Å²) >= 11 is 0. The van der Waals surface area contributed by atoms with Crippen LogP contribution in [-0.4, -0.2) is 34.7 Å². The maximum atomic E-state index is 11.6. The largest absolute Gasteiger partial charge is 0.480 e. The predicted octanol–water partition coefficient (Wildman–Crippen LogP) is 0.153. The number of anilines is 1. The molecular weight excluding hydrogens is 248 g/mol. The van der Waals surface area contributed by atoms with Crippen LogP contribution in [-0.2, 0) is 16.0 Å². The van der Waals surface area contributed by atoms with Crippen molar-refractivity contribution < 1.29 is 19.8 Å². The molecule has 1 atom stereocenters. The van der Waals surface area contributed by atoms with Crippen LogP contribution in [0.4, 0.5) is 5.69 Å². The fraction of sp³-hybridized carbons (Fsp3) is 0.385. The number of nitrogens with two attached hydrogens (primary N) is 1. The van der Waals surface area contributed by atoms with Crippen LogP contribution in [0.3, 0.4) is 0 Å². The molecule has 0 aliphatic heterocycles. The van der Waals surface area contributed by atoms with Crippen molar-refractivity contribution in [3.8, 4) is 0 Å². The zero-order valence-electron chi connectivity index (χ0n) is 10.5. The summed E-state index contributed by atoms with van der Waals surface area (Å²) in [6.45, 7) is -0.283. The molecule has 0 fully saturated rings. The highest BCUT2D eigenvalue weighted by Crippen LogP contribution is 2.07. The molecule has 0 saturated carbocycles. The Morgan fingerprint density at radius 2 is 1.89 bits per heavy atom. The van der Waals surface area contributed by atoms with Gasteiger partial charge in [0.05, 0.1) is 0 Å². The van der Waals surface area contributed by atoms with Crippen molar-refractivity contribution in [3.63, 3.8) is 0 Å². The molecule has 0 aliphatic rings. The second-order valence-corrected chi connectivity index (χ2v) is 4.21. The van der Waals surface area contributed by atoms with Crippen molar-refractivity contribution >= 4 is 17.6 Å². The van der Waals surface area contributed by atoms with Gasteiger partial charge < -0.3 is 21.3 Å². The Balaban J connectivity index is 2.42. The molecule has 0 saturated heterocycles. The lowest BCUT2D eigenvalue weighted by atomic mass is 10.1. The van der Waals surface area contributed by atoms with Gasteiger partial charge in [-0.2, -0.15) is 0 Å². The maximum Gasteiger partial charge on any atom is 0.326 e. The summed E-state index contributed by atoms with van der Waals surface area (Å²) in [6, 6.07) is 6.11. The van der Waals surface area contributed by atoms with Crippen molar-refractivity contribution in [1.29, 1.82) is 0 Å². The van der Waals surface area contributed by atoms with E-state index in [2.05, 4.69) is 5.32 Å². The van der Waals surface area contributed by atoms with Crippen LogP contribution in [0, 0.1) is 0 Å². The first-order valence-corrected chi connectivity index (χ1v) is 6.00. The van der Waals surface area contributed by atoms with E-state index in [4.69, 9.17) is 15.9 Å². The number of benzene rings is 1. The molecule has 1 amide bonds. The first-order chi connectivity index (χ1) is 9.02. The summed E-state index contributed by atoms with van der Waals surface area (Å²) in [5, 5.41) is 19.9. The summed E-state index contributed by atoms with van der Waals surface area (Å²) in [5.41, 5.74) is 7.16. The predicted molar refractivity (Wildman–Crippen MR) is 70.4 cm³/mol. The van der Waals surface area contributed by atoms with Crippen LogP contribution in [0.1, 0.15) is 18.4 Å². The Hall–Kier alpha value is -2.08. The maximum absolute atomic E-state index is 11.6. The van der Waals surface area contributed by atoms with Crippen LogP contribution in [0.2, 0.25) is 0 Å². The third-order valence-electron chi connectivity index (χ3n) is 2.67. The number of hydrogen-bond acceptors (Lipinski definition) is 4. The van der Waals surface area contributed by atoms with Crippen LogP contribution in [0.25, 0.3) is 0 Å². The van der Waals surface area contributed by atoms with E-state index in [1.165, 1.54) is 0 Å². The van der Waals surface area contributed by atoms with E-state index in [1.54, 1.807) is 12.1 Å². The van der Waals surface area contributed by atoms with Crippen molar-refractivity contribution in [2.45, 2.75) is 25.3 Å². The summed E-state index contributed by atoms with van der Waals surface area (Å²) in [4.78, 5) is 22.4. The molecule has 6 heteroatoms. The molecule has 5 N–H and O–H groups in total.